The van der Waals surface area contributed by atoms with Gasteiger partial charge in [0.15, 0.2) is 0 Å². The number of aryl methyl sites for hydroxylation is 1. The molecule has 0 bridgehead atoms. The van der Waals surface area contributed by atoms with Crippen LogP contribution in [0.5, 0.6) is 0 Å². The van der Waals surface area contributed by atoms with Crippen molar-refractivity contribution < 1.29 is 13.2 Å². The lowest BCUT2D eigenvalue weighted by atomic mass is 10.0. The monoisotopic (exact) mass is 392 g/mol. The van der Waals surface area contributed by atoms with Crippen molar-refractivity contribution in [1.29, 1.82) is 0 Å². The van der Waals surface area contributed by atoms with E-state index in [4.69, 9.17) is 4.74 Å². The first kappa shape index (κ1) is 18.5. The molecular weight excluding hydrogens is 368 g/mol. The number of rotatable bonds is 4. The summed E-state index contributed by atoms with van der Waals surface area (Å²) in [6.45, 7) is 6.39. The molecule has 2 aliphatic heterocycles. The zero-order chi connectivity index (χ0) is 18.9. The molecule has 0 N–H and O–H groups in total. The van der Waals surface area contributed by atoms with E-state index in [-0.39, 0.29) is 0 Å². The van der Waals surface area contributed by atoms with Crippen LogP contribution in [0.3, 0.4) is 0 Å². The average Bonchev–Trinajstić information content (AvgIpc) is 3.23. The van der Waals surface area contributed by atoms with Gasteiger partial charge in [-0.2, -0.15) is 4.31 Å². The minimum atomic E-state index is -3.50. The molecular formula is C17H24N6O3S. The third kappa shape index (κ3) is 3.75. The quantitative estimate of drug-likeness (QED) is 0.746. The summed E-state index contributed by atoms with van der Waals surface area (Å²) in [5.41, 5.74) is 1.58. The van der Waals surface area contributed by atoms with Gasteiger partial charge >= 0.3 is 0 Å². The number of piperidine rings is 1. The molecule has 1 aromatic carbocycles. The van der Waals surface area contributed by atoms with E-state index in [2.05, 4.69) is 20.4 Å². The van der Waals surface area contributed by atoms with Gasteiger partial charge in [-0.25, -0.2) is 13.1 Å². The molecule has 9 nitrogen and oxygen atoms in total. The fourth-order valence-electron chi connectivity index (χ4n) is 3.86. The van der Waals surface area contributed by atoms with Gasteiger partial charge in [0.05, 0.1) is 23.8 Å². The molecule has 0 amide bonds. The fraction of sp³-hybridized carbons (Fsp3) is 0.588. The number of aromatic nitrogens is 4. The first-order valence-electron chi connectivity index (χ1n) is 9.22. The van der Waals surface area contributed by atoms with E-state index in [1.54, 1.807) is 22.5 Å². The lowest BCUT2D eigenvalue weighted by Crippen LogP contribution is -2.50. The zero-order valence-electron chi connectivity index (χ0n) is 15.4. The largest absolute Gasteiger partial charge is 0.379 e. The Balaban J connectivity index is 1.46. The van der Waals surface area contributed by atoms with Gasteiger partial charge in [0.1, 0.15) is 6.33 Å². The summed E-state index contributed by atoms with van der Waals surface area (Å²) < 4.78 is 34.7. The Morgan fingerprint density at radius 1 is 1.11 bits per heavy atom. The van der Waals surface area contributed by atoms with E-state index in [0.717, 1.165) is 50.4 Å². The summed E-state index contributed by atoms with van der Waals surface area (Å²) in [6.07, 6.45) is 3.22. The average molecular weight is 392 g/mol. The molecule has 146 valence electrons. The summed E-state index contributed by atoms with van der Waals surface area (Å²) in [5.74, 6) is 0. The number of hydrogen-bond acceptors (Lipinski definition) is 7. The Labute approximate surface area is 159 Å². The molecule has 3 heterocycles. The summed E-state index contributed by atoms with van der Waals surface area (Å²) in [4.78, 5) is 2.75. The number of nitrogens with zero attached hydrogens (tertiary/aromatic N) is 6. The maximum Gasteiger partial charge on any atom is 0.243 e. The third-order valence-corrected chi connectivity index (χ3v) is 7.28. The summed E-state index contributed by atoms with van der Waals surface area (Å²) in [5, 5.41) is 11.1. The van der Waals surface area contributed by atoms with Crippen LogP contribution in [-0.4, -0.2) is 83.3 Å². The SMILES string of the molecule is Cc1cc(S(=O)(=O)N2CCC(N3CCOCC3)CC2)ccc1-n1cnnn1. The first-order chi connectivity index (χ1) is 13.1. The van der Waals surface area contributed by atoms with Crippen LogP contribution in [0.15, 0.2) is 29.4 Å². The Morgan fingerprint density at radius 2 is 1.85 bits per heavy atom. The topological polar surface area (TPSA) is 93.5 Å². The molecule has 0 radical (unpaired) electrons. The Hall–Kier alpha value is -1.88. The number of tetrazole rings is 1. The van der Waals surface area contributed by atoms with Crippen LogP contribution in [0.4, 0.5) is 0 Å². The van der Waals surface area contributed by atoms with Crippen LogP contribution < -0.4 is 0 Å². The molecule has 0 spiro atoms. The van der Waals surface area contributed by atoms with Gasteiger partial charge in [-0.1, -0.05) is 0 Å². The van der Waals surface area contributed by atoms with Crippen molar-refractivity contribution in [1.82, 2.24) is 29.4 Å². The van der Waals surface area contributed by atoms with Gasteiger partial charge in [0.2, 0.25) is 10.0 Å². The van der Waals surface area contributed by atoms with Crippen LogP contribution in [0.2, 0.25) is 0 Å². The van der Waals surface area contributed by atoms with Crippen LogP contribution in [0.25, 0.3) is 5.69 Å². The van der Waals surface area contributed by atoms with E-state index >= 15 is 0 Å². The Kier molecular flexibility index (Phi) is 5.22. The van der Waals surface area contributed by atoms with Crippen LogP contribution in [0, 0.1) is 6.92 Å². The summed E-state index contributed by atoms with van der Waals surface area (Å²) in [7, 11) is -3.50. The highest BCUT2D eigenvalue weighted by Crippen LogP contribution is 2.25. The molecule has 1 aromatic heterocycles. The number of ether oxygens (including phenoxy) is 1. The summed E-state index contributed by atoms with van der Waals surface area (Å²) in [6, 6.07) is 5.52. The molecule has 2 aromatic rings. The molecule has 2 saturated heterocycles. The number of hydrogen-bond donors (Lipinski definition) is 0. The van der Waals surface area contributed by atoms with Gasteiger partial charge < -0.3 is 4.74 Å². The number of sulfonamides is 1. The van der Waals surface area contributed by atoms with Crippen LogP contribution in [-0.2, 0) is 14.8 Å². The molecule has 0 unspecified atom stereocenters. The highest BCUT2D eigenvalue weighted by Gasteiger charge is 2.32. The maximum absolute atomic E-state index is 13.1. The van der Waals surface area contributed by atoms with Gasteiger partial charge in [-0.15, -0.1) is 5.10 Å². The van der Waals surface area contributed by atoms with Gasteiger partial charge in [-0.3, -0.25) is 4.90 Å². The van der Waals surface area contributed by atoms with Crippen molar-refractivity contribution in [3.05, 3.63) is 30.1 Å². The molecule has 0 saturated carbocycles. The van der Waals surface area contributed by atoms with Crippen molar-refractivity contribution >= 4 is 10.0 Å². The van der Waals surface area contributed by atoms with E-state index in [1.165, 1.54) is 11.0 Å². The normalized spacial score (nSPS) is 20.8. The van der Waals surface area contributed by atoms with Crippen molar-refractivity contribution in [3.63, 3.8) is 0 Å². The predicted octanol–water partition coefficient (Wildman–Crippen LogP) is 0.456. The van der Waals surface area contributed by atoms with Crippen molar-refractivity contribution in [2.75, 3.05) is 39.4 Å². The second-order valence-electron chi connectivity index (χ2n) is 6.99. The third-order valence-electron chi connectivity index (χ3n) is 5.39. The van der Waals surface area contributed by atoms with E-state index in [1.807, 2.05) is 6.92 Å². The van der Waals surface area contributed by atoms with E-state index < -0.39 is 10.0 Å². The van der Waals surface area contributed by atoms with Gasteiger partial charge in [-0.05, 0) is 54.0 Å². The van der Waals surface area contributed by atoms with Crippen molar-refractivity contribution in [2.45, 2.75) is 30.7 Å². The molecule has 0 aliphatic carbocycles. The molecule has 27 heavy (non-hydrogen) atoms. The number of morpholine rings is 1. The Bertz CT molecular complexity index is 872. The molecule has 0 atom stereocenters. The standard InChI is InChI=1S/C17H24N6O3S/c1-14-12-16(2-3-17(14)23-13-18-19-20-23)27(24,25)22-6-4-15(5-7-22)21-8-10-26-11-9-21/h2-3,12-13,15H,4-11H2,1H3. The minimum absolute atomic E-state index is 0.321. The van der Waals surface area contributed by atoms with Crippen LogP contribution >= 0.6 is 0 Å². The second kappa shape index (κ2) is 7.63. The highest BCUT2D eigenvalue weighted by molar-refractivity contribution is 7.89. The van der Waals surface area contributed by atoms with Crippen molar-refractivity contribution in [3.8, 4) is 5.69 Å². The number of benzene rings is 1. The van der Waals surface area contributed by atoms with E-state index in [0.29, 0.717) is 24.0 Å². The fourth-order valence-corrected chi connectivity index (χ4v) is 5.41. The zero-order valence-corrected chi connectivity index (χ0v) is 16.2. The minimum Gasteiger partial charge on any atom is -0.379 e. The van der Waals surface area contributed by atoms with Gasteiger partial charge in [0, 0.05) is 32.2 Å². The first-order valence-corrected chi connectivity index (χ1v) is 10.7. The Morgan fingerprint density at radius 3 is 2.48 bits per heavy atom. The molecule has 2 aliphatic rings. The second-order valence-corrected chi connectivity index (χ2v) is 8.92. The molecule has 2 fully saturated rings. The summed E-state index contributed by atoms with van der Waals surface area (Å²) >= 11 is 0. The van der Waals surface area contributed by atoms with E-state index in [9.17, 15) is 8.42 Å². The van der Waals surface area contributed by atoms with Crippen LogP contribution in [0.1, 0.15) is 18.4 Å². The van der Waals surface area contributed by atoms with Gasteiger partial charge in [0.25, 0.3) is 0 Å². The lowest BCUT2D eigenvalue weighted by molar-refractivity contribution is 0.00610. The predicted molar refractivity (Wildman–Crippen MR) is 98.1 cm³/mol. The van der Waals surface area contributed by atoms with Crippen molar-refractivity contribution in [2.24, 2.45) is 0 Å². The lowest BCUT2D eigenvalue weighted by Gasteiger charge is -2.39. The highest BCUT2D eigenvalue weighted by atomic mass is 32.2. The molecule has 4 rings (SSSR count). The maximum atomic E-state index is 13.1. The molecule has 10 heteroatoms. The smallest absolute Gasteiger partial charge is 0.243 e.